The van der Waals surface area contributed by atoms with Gasteiger partial charge in [-0.05, 0) is 30.9 Å². The topological polar surface area (TPSA) is 113 Å². The number of esters is 1. The lowest BCUT2D eigenvalue weighted by molar-refractivity contribution is 0.0479. The average molecular weight is 422 g/mol. The van der Waals surface area contributed by atoms with Gasteiger partial charge in [0.2, 0.25) is 5.78 Å². The van der Waals surface area contributed by atoms with Crippen molar-refractivity contribution < 1.29 is 14.3 Å². The van der Waals surface area contributed by atoms with Gasteiger partial charge in [0, 0.05) is 18.5 Å². The maximum atomic E-state index is 12.6. The Morgan fingerprint density at radius 1 is 1.28 bits per heavy atom. The van der Waals surface area contributed by atoms with E-state index in [2.05, 4.69) is 6.92 Å². The number of ketones is 1. The molecule has 0 saturated carbocycles. The molecule has 0 radical (unpaired) electrons. The van der Waals surface area contributed by atoms with Gasteiger partial charge < -0.3 is 10.5 Å². The number of carbonyl (C=O) groups excluding carboxylic acids is 2. The normalized spacial score (nSPS) is 11.1. The van der Waals surface area contributed by atoms with Gasteiger partial charge in [-0.25, -0.2) is 9.59 Å². The van der Waals surface area contributed by atoms with Crippen LogP contribution in [0, 0.1) is 12.8 Å². The van der Waals surface area contributed by atoms with Crippen LogP contribution in [0.1, 0.15) is 57.7 Å². The Morgan fingerprint density at radius 2 is 1.93 bits per heavy atom. The van der Waals surface area contributed by atoms with Crippen molar-refractivity contribution in [1.29, 1.82) is 0 Å². The predicted molar refractivity (Wildman–Crippen MR) is 113 cm³/mol. The van der Waals surface area contributed by atoms with Crippen LogP contribution in [0.2, 0.25) is 0 Å². The van der Waals surface area contributed by atoms with E-state index in [0.717, 1.165) is 27.8 Å². The van der Waals surface area contributed by atoms with Crippen molar-refractivity contribution in [3.8, 4) is 0 Å². The fourth-order valence-electron chi connectivity index (χ4n) is 3.00. The smallest absolute Gasteiger partial charge is 0.348 e. The summed E-state index contributed by atoms with van der Waals surface area (Å²) < 4.78 is 7.16. The Labute approximate surface area is 172 Å². The van der Waals surface area contributed by atoms with Crippen LogP contribution in [0.15, 0.2) is 15.7 Å². The van der Waals surface area contributed by atoms with Gasteiger partial charge in [0.15, 0.2) is 6.61 Å². The summed E-state index contributed by atoms with van der Waals surface area (Å²) in [5, 5.41) is 0. The lowest BCUT2D eigenvalue weighted by Gasteiger charge is -2.16. The average Bonchev–Trinajstić information content (AvgIpc) is 3.02. The molecule has 8 nitrogen and oxygen atoms in total. The number of nitrogen functional groups attached to an aromatic ring is 1. The molecule has 0 saturated heterocycles. The molecule has 2 aromatic heterocycles. The molecular weight excluding hydrogens is 394 g/mol. The van der Waals surface area contributed by atoms with E-state index in [1.54, 1.807) is 6.07 Å². The predicted octanol–water partition coefficient (Wildman–Crippen LogP) is 2.15. The van der Waals surface area contributed by atoms with E-state index in [1.165, 1.54) is 23.0 Å². The van der Waals surface area contributed by atoms with Gasteiger partial charge in [-0.3, -0.25) is 18.7 Å². The lowest BCUT2D eigenvalue weighted by atomic mass is 10.1. The SMILES string of the molecule is CCCc1cc(C(=O)OCC(=O)c2c(N)n(CC(C)C)c(=O)n(C)c2=O)sc1C. The van der Waals surface area contributed by atoms with Crippen LogP contribution in [-0.2, 0) is 24.8 Å². The third-order valence-electron chi connectivity index (χ3n) is 4.49. The van der Waals surface area contributed by atoms with Crippen molar-refractivity contribution >= 4 is 28.9 Å². The number of aryl methyl sites for hydroxylation is 2. The largest absolute Gasteiger partial charge is 0.453 e. The molecule has 2 heterocycles. The second-order valence-corrected chi connectivity index (χ2v) is 8.61. The number of hydrogen-bond acceptors (Lipinski definition) is 7. The third kappa shape index (κ3) is 4.84. The Bertz CT molecular complexity index is 1050. The summed E-state index contributed by atoms with van der Waals surface area (Å²) in [4.78, 5) is 51.1. The van der Waals surface area contributed by atoms with Gasteiger partial charge in [0.1, 0.15) is 16.3 Å². The molecule has 0 atom stereocenters. The van der Waals surface area contributed by atoms with Gasteiger partial charge in [0.05, 0.1) is 0 Å². The van der Waals surface area contributed by atoms with Crippen molar-refractivity contribution in [2.75, 3.05) is 12.3 Å². The lowest BCUT2D eigenvalue weighted by Crippen LogP contribution is -2.43. The van der Waals surface area contributed by atoms with Crippen LogP contribution in [0.3, 0.4) is 0 Å². The molecule has 0 bridgehead atoms. The third-order valence-corrected chi connectivity index (χ3v) is 5.56. The summed E-state index contributed by atoms with van der Waals surface area (Å²) in [6.45, 7) is 7.38. The van der Waals surface area contributed by atoms with Crippen LogP contribution in [0.5, 0.6) is 0 Å². The van der Waals surface area contributed by atoms with Gasteiger partial charge in [-0.1, -0.05) is 27.2 Å². The van der Waals surface area contributed by atoms with Gasteiger partial charge >= 0.3 is 11.7 Å². The van der Waals surface area contributed by atoms with Crippen LogP contribution >= 0.6 is 11.3 Å². The Balaban J connectivity index is 2.26. The summed E-state index contributed by atoms with van der Waals surface area (Å²) in [5.41, 5.74) is 5.32. The fourth-order valence-corrected chi connectivity index (χ4v) is 3.96. The number of rotatable bonds is 8. The molecule has 0 aliphatic carbocycles. The van der Waals surface area contributed by atoms with Crippen molar-refractivity contribution in [3.05, 3.63) is 47.8 Å². The molecule has 158 valence electrons. The fraction of sp³-hybridized carbons (Fsp3) is 0.500. The van der Waals surface area contributed by atoms with Crippen LogP contribution in [0.4, 0.5) is 5.82 Å². The minimum atomic E-state index is -0.800. The molecule has 0 fully saturated rings. The summed E-state index contributed by atoms with van der Waals surface area (Å²) in [6, 6.07) is 1.77. The van der Waals surface area contributed by atoms with Crippen LogP contribution in [0.25, 0.3) is 0 Å². The monoisotopic (exact) mass is 421 g/mol. The molecule has 2 N–H and O–H groups in total. The van der Waals surface area contributed by atoms with E-state index in [4.69, 9.17) is 10.5 Å². The number of anilines is 1. The van der Waals surface area contributed by atoms with Crippen molar-refractivity contribution in [1.82, 2.24) is 9.13 Å². The maximum absolute atomic E-state index is 12.6. The van der Waals surface area contributed by atoms with E-state index in [0.29, 0.717) is 4.88 Å². The first kappa shape index (κ1) is 22.6. The van der Waals surface area contributed by atoms with Gasteiger partial charge in [-0.15, -0.1) is 11.3 Å². The Kier molecular flexibility index (Phi) is 7.18. The van der Waals surface area contributed by atoms with E-state index in [9.17, 15) is 19.2 Å². The molecule has 0 amide bonds. The summed E-state index contributed by atoms with van der Waals surface area (Å²) in [7, 11) is 1.29. The number of carbonyl (C=O) groups is 2. The minimum absolute atomic E-state index is 0.0765. The second kappa shape index (κ2) is 9.21. The number of thiophene rings is 1. The van der Waals surface area contributed by atoms with Gasteiger partial charge in [-0.2, -0.15) is 0 Å². The molecular formula is C20H27N3O5S. The van der Waals surface area contributed by atoms with E-state index >= 15 is 0 Å². The van der Waals surface area contributed by atoms with Crippen molar-refractivity contribution in [3.63, 3.8) is 0 Å². The number of ether oxygens (including phenoxy) is 1. The minimum Gasteiger partial charge on any atom is -0.453 e. The zero-order valence-corrected chi connectivity index (χ0v) is 18.2. The van der Waals surface area contributed by atoms with Gasteiger partial charge in [0.25, 0.3) is 5.56 Å². The quantitative estimate of drug-likeness (QED) is 0.516. The summed E-state index contributed by atoms with van der Waals surface area (Å²) in [6.07, 6.45) is 1.82. The highest BCUT2D eigenvalue weighted by atomic mass is 32.1. The maximum Gasteiger partial charge on any atom is 0.348 e. The Hall–Kier alpha value is -2.68. The highest BCUT2D eigenvalue weighted by Gasteiger charge is 2.23. The summed E-state index contributed by atoms with van der Waals surface area (Å²) >= 11 is 1.31. The number of aromatic nitrogens is 2. The number of nitrogens with zero attached hydrogens (tertiary/aromatic N) is 2. The molecule has 0 unspecified atom stereocenters. The standard InChI is InChI=1S/C20H27N3O5S/c1-6-7-13-8-15(29-12(13)4)19(26)28-10-14(24)16-17(21)23(9-11(2)3)20(27)22(5)18(16)25/h8,11H,6-7,9-10,21H2,1-5H3. The molecule has 0 aliphatic heterocycles. The van der Waals surface area contributed by atoms with E-state index < -0.39 is 29.6 Å². The van der Waals surface area contributed by atoms with Crippen LogP contribution < -0.4 is 17.0 Å². The van der Waals surface area contributed by atoms with E-state index in [1.807, 2.05) is 20.8 Å². The van der Waals surface area contributed by atoms with Crippen molar-refractivity contribution in [2.45, 2.75) is 47.1 Å². The molecule has 0 spiro atoms. The number of hydrogen-bond donors (Lipinski definition) is 1. The molecule has 0 aliphatic rings. The molecule has 2 rings (SSSR count). The van der Waals surface area contributed by atoms with Crippen LogP contribution in [-0.4, -0.2) is 27.5 Å². The zero-order chi connectivity index (χ0) is 21.9. The first-order valence-corrected chi connectivity index (χ1v) is 10.3. The number of nitrogens with two attached hydrogens (primary N) is 1. The second-order valence-electron chi connectivity index (χ2n) is 7.35. The molecule has 0 aromatic carbocycles. The highest BCUT2D eigenvalue weighted by Crippen LogP contribution is 2.23. The highest BCUT2D eigenvalue weighted by molar-refractivity contribution is 7.14. The first-order valence-electron chi connectivity index (χ1n) is 9.47. The van der Waals surface area contributed by atoms with E-state index in [-0.39, 0.29) is 23.8 Å². The molecule has 2 aromatic rings. The molecule has 9 heteroatoms. The van der Waals surface area contributed by atoms with Crippen molar-refractivity contribution in [2.24, 2.45) is 13.0 Å². The molecule has 29 heavy (non-hydrogen) atoms. The Morgan fingerprint density at radius 3 is 2.52 bits per heavy atom. The zero-order valence-electron chi connectivity index (χ0n) is 17.4. The number of Topliss-reactive ketones (excluding diaryl/α,β-unsaturated/α-hetero) is 1. The summed E-state index contributed by atoms with van der Waals surface area (Å²) in [5.74, 6) is -1.49. The first-order chi connectivity index (χ1) is 13.6.